The Morgan fingerprint density at radius 3 is 2.17 bits per heavy atom. The minimum absolute atomic E-state index is 0.0701. The fraction of sp³-hybridized carbons (Fsp3) is 0.654. The number of carbonyl (C=O) groups is 1. The van der Waals surface area contributed by atoms with Crippen molar-refractivity contribution in [3.05, 3.63) is 35.9 Å². The monoisotopic (exact) mass is 417 g/mol. The van der Waals surface area contributed by atoms with Gasteiger partial charge < -0.3 is 15.2 Å². The molecule has 0 saturated heterocycles. The molecule has 0 heterocycles. The van der Waals surface area contributed by atoms with E-state index in [1.165, 1.54) is 71.3 Å². The molecular formula is C26H43NO3. The number of carbonyl (C=O) groups excluding carboxylic acids is 1. The molecule has 0 bridgehead atoms. The van der Waals surface area contributed by atoms with Gasteiger partial charge in [0.2, 0.25) is 5.91 Å². The van der Waals surface area contributed by atoms with E-state index in [1.807, 2.05) is 0 Å². The third kappa shape index (κ3) is 13.3. The second-order valence-electron chi connectivity index (χ2n) is 8.12. The molecule has 0 unspecified atom stereocenters. The summed E-state index contributed by atoms with van der Waals surface area (Å²) in [6, 6.07) is 5.12. The molecule has 0 aromatic heterocycles. The summed E-state index contributed by atoms with van der Waals surface area (Å²) in [5, 5.41) is 12.5. The number of unbranched alkanes of at least 4 members (excludes halogenated alkanes) is 11. The zero-order chi connectivity index (χ0) is 21.9. The van der Waals surface area contributed by atoms with Crippen LogP contribution in [0.4, 0.5) is 0 Å². The van der Waals surface area contributed by atoms with Gasteiger partial charge in [0.1, 0.15) is 0 Å². The topological polar surface area (TPSA) is 58.6 Å². The van der Waals surface area contributed by atoms with Crippen molar-refractivity contribution >= 4 is 5.91 Å². The van der Waals surface area contributed by atoms with Crippen LogP contribution >= 0.6 is 0 Å². The molecule has 0 fully saturated rings. The van der Waals surface area contributed by atoms with Crippen LogP contribution in [0.3, 0.4) is 0 Å². The van der Waals surface area contributed by atoms with Gasteiger partial charge in [0.25, 0.3) is 0 Å². The molecule has 2 N–H and O–H groups in total. The quantitative estimate of drug-likeness (QED) is 0.199. The highest BCUT2D eigenvalue weighted by atomic mass is 16.5. The van der Waals surface area contributed by atoms with E-state index in [1.54, 1.807) is 18.2 Å². The molecule has 0 radical (unpaired) electrons. The molecule has 1 amide bonds. The smallest absolute Gasteiger partial charge is 0.220 e. The maximum absolute atomic E-state index is 12.0. The van der Waals surface area contributed by atoms with Gasteiger partial charge >= 0.3 is 0 Å². The molecular weight excluding hydrogens is 374 g/mol. The van der Waals surface area contributed by atoms with E-state index in [0.29, 0.717) is 18.7 Å². The highest BCUT2D eigenvalue weighted by Crippen LogP contribution is 2.26. The van der Waals surface area contributed by atoms with Gasteiger partial charge in [-0.15, -0.1) is 0 Å². The second-order valence-corrected chi connectivity index (χ2v) is 8.12. The van der Waals surface area contributed by atoms with Gasteiger partial charge in [0.05, 0.1) is 7.11 Å². The largest absolute Gasteiger partial charge is 0.504 e. The first kappa shape index (κ1) is 26.1. The van der Waals surface area contributed by atoms with Gasteiger partial charge in [-0.05, 0) is 49.8 Å². The standard InChI is InChI=1S/C26H43NO3/c1-3-4-5-6-7-8-9-10-11-12-13-14-15-16-17-18-26(29)27-22-23-19-20-24(28)25(21-23)30-2/h13-14,19-21,28H,3-12,15-18,22H2,1-2H3,(H,27,29)/b14-13-. The van der Waals surface area contributed by atoms with E-state index in [-0.39, 0.29) is 11.7 Å². The van der Waals surface area contributed by atoms with Crippen LogP contribution in [0.2, 0.25) is 0 Å². The van der Waals surface area contributed by atoms with Crippen molar-refractivity contribution in [3.8, 4) is 11.5 Å². The van der Waals surface area contributed by atoms with Crippen molar-refractivity contribution in [2.75, 3.05) is 7.11 Å². The number of hydrogen-bond acceptors (Lipinski definition) is 3. The summed E-state index contributed by atoms with van der Waals surface area (Å²) in [6.07, 6.45) is 21.7. The lowest BCUT2D eigenvalue weighted by Gasteiger charge is -2.08. The third-order valence-electron chi connectivity index (χ3n) is 5.40. The number of ether oxygens (including phenoxy) is 1. The lowest BCUT2D eigenvalue weighted by Crippen LogP contribution is -2.22. The Morgan fingerprint density at radius 1 is 0.933 bits per heavy atom. The molecule has 0 aliphatic carbocycles. The lowest BCUT2D eigenvalue weighted by molar-refractivity contribution is -0.121. The number of phenolic OH excluding ortho intramolecular Hbond substituents is 1. The number of hydrogen-bond donors (Lipinski definition) is 2. The molecule has 0 atom stereocenters. The lowest BCUT2D eigenvalue weighted by atomic mass is 10.1. The number of rotatable bonds is 18. The number of phenols is 1. The molecule has 4 nitrogen and oxygen atoms in total. The first-order valence-electron chi connectivity index (χ1n) is 11.9. The average molecular weight is 418 g/mol. The van der Waals surface area contributed by atoms with Crippen LogP contribution in [-0.2, 0) is 11.3 Å². The maximum Gasteiger partial charge on any atom is 0.220 e. The predicted octanol–water partition coefficient (Wildman–Crippen LogP) is 7.05. The van der Waals surface area contributed by atoms with Crippen molar-refractivity contribution in [2.45, 2.75) is 103 Å². The van der Waals surface area contributed by atoms with Gasteiger partial charge in [0, 0.05) is 13.0 Å². The minimum Gasteiger partial charge on any atom is -0.504 e. The first-order valence-corrected chi connectivity index (χ1v) is 11.9. The van der Waals surface area contributed by atoms with Crippen LogP contribution in [0, 0.1) is 0 Å². The molecule has 1 aromatic rings. The summed E-state index contributed by atoms with van der Waals surface area (Å²) in [4.78, 5) is 12.0. The van der Waals surface area contributed by atoms with Crippen LogP contribution in [0.1, 0.15) is 102 Å². The van der Waals surface area contributed by atoms with Crippen LogP contribution in [0.5, 0.6) is 11.5 Å². The van der Waals surface area contributed by atoms with Crippen molar-refractivity contribution in [3.63, 3.8) is 0 Å². The fourth-order valence-corrected chi connectivity index (χ4v) is 3.48. The van der Waals surface area contributed by atoms with Crippen LogP contribution < -0.4 is 10.1 Å². The Morgan fingerprint density at radius 2 is 1.53 bits per heavy atom. The van der Waals surface area contributed by atoms with Crippen molar-refractivity contribution < 1.29 is 14.6 Å². The number of allylic oxidation sites excluding steroid dienone is 2. The van der Waals surface area contributed by atoms with E-state index < -0.39 is 0 Å². The molecule has 1 rings (SSSR count). The zero-order valence-electron chi connectivity index (χ0n) is 19.3. The Hall–Kier alpha value is -1.97. The first-order chi connectivity index (χ1) is 14.7. The molecule has 1 aromatic carbocycles. The highest BCUT2D eigenvalue weighted by molar-refractivity contribution is 5.75. The number of amides is 1. The molecule has 0 aliphatic rings. The van der Waals surface area contributed by atoms with E-state index in [2.05, 4.69) is 24.4 Å². The second kappa shape index (κ2) is 17.9. The summed E-state index contributed by atoms with van der Waals surface area (Å²) in [6.45, 7) is 2.72. The Kier molecular flexibility index (Phi) is 15.5. The van der Waals surface area contributed by atoms with Gasteiger partial charge in [0.15, 0.2) is 11.5 Å². The molecule has 30 heavy (non-hydrogen) atoms. The predicted molar refractivity (Wildman–Crippen MR) is 126 cm³/mol. The van der Waals surface area contributed by atoms with Crippen molar-refractivity contribution in [2.24, 2.45) is 0 Å². The Bertz CT molecular complexity index is 598. The van der Waals surface area contributed by atoms with Gasteiger partial charge in [-0.1, -0.05) is 76.5 Å². The fourth-order valence-electron chi connectivity index (χ4n) is 3.48. The van der Waals surface area contributed by atoms with E-state index in [9.17, 15) is 9.90 Å². The molecule has 0 saturated carbocycles. The van der Waals surface area contributed by atoms with Crippen LogP contribution in [0.15, 0.2) is 30.4 Å². The number of nitrogens with one attached hydrogen (secondary N) is 1. The Labute approximate surface area is 184 Å². The molecule has 0 aliphatic heterocycles. The van der Waals surface area contributed by atoms with Crippen LogP contribution in [0.25, 0.3) is 0 Å². The van der Waals surface area contributed by atoms with Crippen molar-refractivity contribution in [1.29, 1.82) is 0 Å². The highest BCUT2D eigenvalue weighted by Gasteiger charge is 2.05. The van der Waals surface area contributed by atoms with Gasteiger partial charge in [-0.3, -0.25) is 4.79 Å². The molecule has 0 spiro atoms. The summed E-state index contributed by atoms with van der Waals surface area (Å²) in [5.74, 6) is 0.607. The maximum atomic E-state index is 12.0. The SMILES string of the molecule is CCCCCCCCCCC/C=C\CCCCC(=O)NCc1ccc(O)c(OC)c1. The van der Waals surface area contributed by atoms with Crippen molar-refractivity contribution in [1.82, 2.24) is 5.32 Å². The minimum atomic E-state index is 0.0701. The van der Waals surface area contributed by atoms with Crippen LogP contribution in [-0.4, -0.2) is 18.1 Å². The zero-order valence-corrected chi connectivity index (χ0v) is 19.3. The summed E-state index contributed by atoms with van der Waals surface area (Å²) in [7, 11) is 1.52. The Balaban J connectivity index is 1.94. The van der Waals surface area contributed by atoms with E-state index >= 15 is 0 Å². The molecule has 170 valence electrons. The number of aromatic hydroxyl groups is 1. The third-order valence-corrected chi connectivity index (χ3v) is 5.40. The summed E-state index contributed by atoms with van der Waals surface area (Å²) in [5.41, 5.74) is 0.914. The van der Waals surface area contributed by atoms with E-state index in [4.69, 9.17) is 4.74 Å². The number of benzene rings is 1. The van der Waals surface area contributed by atoms with Gasteiger partial charge in [-0.2, -0.15) is 0 Å². The summed E-state index contributed by atoms with van der Waals surface area (Å²) < 4.78 is 5.08. The number of methoxy groups -OCH3 is 1. The molecule has 4 heteroatoms. The summed E-state index contributed by atoms with van der Waals surface area (Å²) >= 11 is 0. The van der Waals surface area contributed by atoms with E-state index in [0.717, 1.165) is 24.8 Å². The average Bonchev–Trinajstić information content (AvgIpc) is 2.75. The normalized spacial score (nSPS) is 11.1. The van der Waals surface area contributed by atoms with Gasteiger partial charge in [-0.25, -0.2) is 0 Å².